The molecule has 6 N–H and O–H groups in total. The summed E-state index contributed by atoms with van der Waals surface area (Å²) in [6.07, 6.45) is 5.38. The second-order valence-electron chi connectivity index (χ2n) is 5.88. The van der Waals surface area contributed by atoms with Crippen molar-refractivity contribution in [3.05, 3.63) is 34.8 Å². The maximum Gasteiger partial charge on any atom is 0.150 e. The lowest BCUT2D eigenvalue weighted by Gasteiger charge is -2.21. The standard InChI is InChI=1S/C15H23N5O2S/c1-9(4-12(17)14(22)15-19-2-3-23-15)5-13(21)11(16)6-10-7-18-8-20-10/h2-3,7-9,11-12,14,22H,4-6,16-17H2,1H3,(H,18,20)/t9?,11-,12-,14+/m0/s1. The number of ketones is 1. The number of Topliss-reactive ketones (excluding diaryl/α,β-unsaturated/α-hetero) is 1. The first-order chi connectivity index (χ1) is 11.0. The molecule has 4 atom stereocenters. The van der Waals surface area contributed by atoms with Gasteiger partial charge in [-0.3, -0.25) is 4.79 Å². The predicted octanol–water partition coefficient (Wildman–Crippen LogP) is 0.782. The van der Waals surface area contributed by atoms with Crippen molar-refractivity contribution < 1.29 is 9.90 Å². The Bertz CT molecular complexity index is 587. The molecular formula is C15H23N5O2S. The second kappa shape index (κ2) is 8.30. The molecule has 0 saturated heterocycles. The maximum absolute atomic E-state index is 12.2. The van der Waals surface area contributed by atoms with Crippen LogP contribution in [0.2, 0.25) is 0 Å². The number of hydrogen-bond donors (Lipinski definition) is 4. The molecule has 8 heteroatoms. The molecule has 0 spiro atoms. The fraction of sp³-hybridized carbons (Fsp3) is 0.533. The smallest absolute Gasteiger partial charge is 0.150 e. The highest BCUT2D eigenvalue weighted by Gasteiger charge is 2.24. The van der Waals surface area contributed by atoms with E-state index >= 15 is 0 Å². The molecule has 0 aliphatic carbocycles. The molecule has 0 aliphatic rings. The van der Waals surface area contributed by atoms with Gasteiger partial charge in [0.2, 0.25) is 0 Å². The number of nitrogens with one attached hydrogen (secondary N) is 1. The molecule has 1 unspecified atom stereocenters. The molecule has 126 valence electrons. The highest BCUT2D eigenvalue weighted by Crippen LogP contribution is 2.23. The van der Waals surface area contributed by atoms with E-state index in [1.807, 2.05) is 6.92 Å². The fourth-order valence-electron chi connectivity index (χ4n) is 2.48. The Morgan fingerprint density at radius 1 is 1.48 bits per heavy atom. The molecule has 0 aromatic carbocycles. The minimum absolute atomic E-state index is 0.0111. The van der Waals surface area contributed by atoms with E-state index in [1.165, 1.54) is 11.3 Å². The summed E-state index contributed by atoms with van der Waals surface area (Å²) in [5, 5.41) is 12.5. The number of imidazole rings is 1. The van der Waals surface area contributed by atoms with Gasteiger partial charge >= 0.3 is 0 Å². The lowest BCUT2D eigenvalue weighted by molar-refractivity contribution is -0.121. The third kappa shape index (κ3) is 5.21. The van der Waals surface area contributed by atoms with Crippen molar-refractivity contribution >= 4 is 17.1 Å². The summed E-state index contributed by atoms with van der Waals surface area (Å²) in [4.78, 5) is 23.1. The number of thiazole rings is 1. The van der Waals surface area contributed by atoms with Crippen molar-refractivity contribution in [3.8, 4) is 0 Å². The quantitative estimate of drug-likeness (QED) is 0.535. The maximum atomic E-state index is 12.2. The Morgan fingerprint density at radius 2 is 2.26 bits per heavy atom. The molecule has 2 aromatic rings. The van der Waals surface area contributed by atoms with Crippen molar-refractivity contribution in [2.45, 2.75) is 44.4 Å². The van der Waals surface area contributed by atoms with Gasteiger partial charge in [-0.1, -0.05) is 6.92 Å². The Morgan fingerprint density at radius 3 is 2.87 bits per heavy atom. The molecule has 0 fully saturated rings. The van der Waals surface area contributed by atoms with Crippen LogP contribution in [-0.4, -0.2) is 37.9 Å². The van der Waals surface area contributed by atoms with E-state index < -0.39 is 18.2 Å². The van der Waals surface area contributed by atoms with Gasteiger partial charge in [0.1, 0.15) is 16.9 Å². The van der Waals surface area contributed by atoms with Crippen LogP contribution in [0.3, 0.4) is 0 Å². The van der Waals surface area contributed by atoms with Gasteiger partial charge in [0.05, 0.1) is 12.4 Å². The average Bonchev–Trinajstić information content (AvgIpc) is 3.19. The zero-order valence-corrected chi connectivity index (χ0v) is 13.9. The van der Waals surface area contributed by atoms with Crippen LogP contribution in [0.4, 0.5) is 0 Å². The summed E-state index contributed by atoms with van der Waals surface area (Å²) < 4.78 is 0. The van der Waals surface area contributed by atoms with Crippen LogP contribution in [0.25, 0.3) is 0 Å². The Balaban J connectivity index is 1.79. The molecule has 0 amide bonds. The van der Waals surface area contributed by atoms with Gasteiger partial charge in [0.25, 0.3) is 0 Å². The number of aliphatic hydroxyl groups excluding tert-OH is 1. The number of hydrogen-bond acceptors (Lipinski definition) is 7. The Labute approximate surface area is 139 Å². The first-order valence-corrected chi connectivity index (χ1v) is 8.44. The molecule has 2 heterocycles. The van der Waals surface area contributed by atoms with Crippen LogP contribution in [0.15, 0.2) is 24.1 Å². The topological polar surface area (TPSA) is 131 Å². The first kappa shape index (κ1) is 17.7. The highest BCUT2D eigenvalue weighted by molar-refractivity contribution is 7.09. The lowest BCUT2D eigenvalue weighted by Crippen LogP contribution is -2.35. The fourth-order valence-corrected chi connectivity index (χ4v) is 3.18. The van der Waals surface area contributed by atoms with Crippen LogP contribution >= 0.6 is 11.3 Å². The SMILES string of the molecule is CC(CC(=O)[C@@H](N)Cc1cnc[nH]1)C[C@H](N)[C@@H](O)c1nccs1. The molecule has 0 radical (unpaired) electrons. The van der Waals surface area contributed by atoms with Crippen molar-refractivity contribution in [2.75, 3.05) is 0 Å². The molecule has 0 bridgehead atoms. The summed E-state index contributed by atoms with van der Waals surface area (Å²) in [5.41, 5.74) is 12.8. The van der Waals surface area contributed by atoms with Crippen molar-refractivity contribution in [3.63, 3.8) is 0 Å². The van der Waals surface area contributed by atoms with Gasteiger partial charge < -0.3 is 21.6 Å². The Hall–Kier alpha value is -1.61. The van der Waals surface area contributed by atoms with Crippen molar-refractivity contribution in [2.24, 2.45) is 17.4 Å². The van der Waals surface area contributed by atoms with Gasteiger partial charge in [-0.05, 0) is 12.3 Å². The first-order valence-electron chi connectivity index (χ1n) is 7.56. The largest absolute Gasteiger partial charge is 0.384 e. The van der Waals surface area contributed by atoms with Crippen LogP contribution in [0.1, 0.15) is 36.6 Å². The van der Waals surface area contributed by atoms with E-state index in [0.717, 1.165) is 5.69 Å². The van der Waals surface area contributed by atoms with Gasteiger partial charge in [-0.15, -0.1) is 11.3 Å². The Kier molecular flexibility index (Phi) is 6.40. The molecule has 2 aromatic heterocycles. The summed E-state index contributed by atoms with van der Waals surface area (Å²) in [7, 11) is 0. The third-order valence-electron chi connectivity index (χ3n) is 3.74. The number of nitrogens with zero attached hydrogens (tertiary/aromatic N) is 2. The van der Waals surface area contributed by atoms with E-state index in [9.17, 15) is 9.90 Å². The van der Waals surface area contributed by atoms with Gasteiger partial charge in [0.15, 0.2) is 0 Å². The third-order valence-corrected chi connectivity index (χ3v) is 4.59. The number of nitrogens with two attached hydrogens (primary N) is 2. The minimum atomic E-state index is -0.800. The van der Waals surface area contributed by atoms with Crippen LogP contribution in [0.5, 0.6) is 0 Å². The predicted molar refractivity (Wildman–Crippen MR) is 88.7 cm³/mol. The number of aromatic nitrogens is 3. The van der Waals surface area contributed by atoms with E-state index in [1.54, 1.807) is 24.1 Å². The van der Waals surface area contributed by atoms with E-state index in [0.29, 0.717) is 24.3 Å². The number of aliphatic hydroxyl groups is 1. The number of aromatic amines is 1. The molecule has 0 saturated carbocycles. The lowest BCUT2D eigenvalue weighted by atomic mass is 9.91. The van der Waals surface area contributed by atoms with E-state index in [2.05, 4.69) is 15.0 Å². The van der Waals surface area contributed by atoms with Gasteiger partial charge in [-0.2, -0.15) is 0 Å². The highest BCUT2D eigenvalue weighted by atomic mass is 32.1. The molecular weight excluding hydrogens is 314 g/mol. The second-order valence-corrected chi connectivity index (χ2v) is 6.80. The van der Waals surface area contributed by atoms with E-state index in [4.69, 9.17) is 11.5 Å². The monoisotopic (exact) mass is 337 g/mol. The van der Waals surface area contributed by atoms with Crippen LogP contribution in [-0.2, 0) is 11.2 Å². The minimum Gasteiger partial charge on any atom is -0.384 e. The summed E-state index contributed by atoms with van der Waals surface area (Å²) >= 11 is 1.37. The summed E-state index contributed by atoms with van der Waals surface area (Å²) in [6.45, 7) is 1.94. The summed E-state index contributed by atoms with van der Waals surface area (Å²) in [5.74, 6) is 0.0305. The van der Waals surface area contributed by atoms with Crippen LogP contribution in [0, 0.1) is 5.92 Å². The average molecular weight is 337 g/mol. The van der Waals surface area contributed by atoms with Crippen molar-refractivity contribution in [1.29, 1.82) is 0 Å². The van der Waals surface area contributed by atoms with Gasteiger partial charge in [-0.25, -0.2) is 9.97 Å². The molecule has 23 heavy (non-hydrogen) atoms. The summed E-state index contributed by atoms with van der Waals surface area (Å²) in [6, 6.07) is -1.01. The van der Waals surface area contributed by atoms with Gasteiger partial charge in [0, 0.05) is 42.4 Å². The number of carbonyl (C=O) groups is 1. The zero-order valence-electron chi connectivity index (χ0n) is 13.1. The molecule has 0 aliphatic heterocycles. The number of H-pyrrole nitrogens is 1. The normalized spacial score (nSPS) is 16.7. The number of rotatable bonds is 9. The molecule has 7 nitrogen and oxygen atoms in total. The number of carbonyl (C=O) groups excluding carboxylic acids is 1. The van der Waals surface area contributed by atoms with E-state index in [-0.39, 0.29) is 11.7 Å². The van der Waals surface area contributed by atoms with Crippen molar-refractivity contribution in [1.82, 2.24) is 15.0 Å². The van der Waals surface area contributed by atoms with Crippen LogP contribution < -0.4 is 11.5 Å². The zero-order chi connectivity index (χ0) is 16.8. The molecule has 2 rings (SSSR count).